The normalized spacial score (nSPS) is 12.5. The van der Waals surface area contributed by atoms with Gasteiger partial charge in [-0.05, 0) is 0 Å². The van der Waals surface area contributed by atoms with Crippen molar-refractivity contribution in [1.82, 2.24) is 4.98 Å². The van der Waals surface area contributed by atoms with E-state index in [1.165, 1.54) is 0 Å². The fourth-order valence-corrected chi connectivity index (χ4v) is 1.50. The largest absolute Gasteiger partial charge is 0.573 e. The number of rotatable bonds is 2. The van der Waals surface area contributed by atoms with E-state index < -0.39 is 31.6 Å². The molecule has 90 valence electrons. The molecule has 0 amide bonds. The number of ether oxygens (including phenoxy) is 1. The molecule has 1 N–H and O–H groups in total. The molecule has 0 aliphatic heterocycles. The maximum absolute atomic E-state index is 11.7. The third-order valence-electron chi connectivity index (χ3n) is 1.34. The molecule has 0 spiro atoms. The summed E-state index contributed by atoms with van der Waals surface area (Å²) in [5.74, 6) is -1.07. The molecule has 0 saturated carbocycles. The van der Waals surface area contributed by atoms with Gasteiger partial charge in [-0.3, -0.25) is 4.79 Å². The number of hydrogen-bond acceptors (Lipinski definition) is 4. The minimum Gasteiger partial charge on any atom is -0.400 e. The van der Waals surface area contributed by atoms with Crippen LogP contribution in [0.2, 0.25) is 0 Å². The molecule has 16 heavy (non-hydrogen) atoms. The number of H-pyrrole nitrogens is 1. The summed E-state index contributed by atoms with van der Waals surface area (Å²) in [4.78, 5) is 12.9. The van der Waals surface area contributed by atoms with Gasteiger partial charge in [0, 0.05) is 22.9 Å². The highest BCUT2D eigenvalue weighted by molar-refractivity contribution is 8.13. The molecule has 1 rings (SSSR count). The number of alkyl halides is 3. The summed E-state index contributed by atoms with van der Waals surface area (Å²) in [6, 6.07) is 0.392. The second-order valence-corrected chi connectivity index (χ2v) is 5.05. The molecule has 1 aromatic heterocycles. The summed E-state index contributed by atoms with van der Waals surface area (Å²) in [6.45, 7) is 0. The highest BCUT2D eigenvalue weighted by Gasteiger charge is 2.32. The Balaban J connectivity index is 3.17. The highest BCUT2D eigenvalue weighted by atomic mass is 35.7. The number of aromatic amines is 1. The Bertz CT molecular complexity index is 550. The smallest absolute Gasteiger partial charge is 0.400 e. The van der Waals surface area contributed by atoms with Gasteiger partial charge in [0.2, 0.25) is 5.43 Å². The van der Waals surface area contributed by atoms with E-state index in [0.29, 0.717) is 12.3 Å². The van der Waals surface area contributed by atoms with Crippen LogP contribution in [0.5, 0.6) is 5.75 Å². The van der Waals surface area contributed by atoms with E-state index in [9.17, 15) is 26.4 Å². The van der Waals surface area contributed by atoms with Crippen LogP contribution in [0.3, 0.4) is 0 Å². The maximum atomic E-state index is 11.7. The minimum atomic E-state index is -5.03. The molecule has 0 aromatic carbocycles. The SMILES string of the molecule is O=c1cc(S(=O)(=O)Cl)[nH]cc1OC(F)(F)F. The van der Waals surface area contributed by atoms with Gasteiger partial charge < -0.3 is 9.72 Å². The van der Waals surface area contributed by atoms with Crippen LogP contribution in [0, 0.1) is 0 Å². The van der Waals surface area contributed by atoms with Crippen molar-refractivity contribution in [1.29, 1.82) is 0 Å². The molecule has 10 heteroatoms. The average molecular weight is 278 g/mol. The Kier molecular flexibility index (Phi) is 3.20. The van der Waals surface area contributed by atoms with Crippen LogP contribution in [0.15, 0.2) is 22.1 Å². The van der Waals surface area contributed by atoms with E-state index in [-0.39, 0.29) is 0 Å². The zero-order valence-electron chi connectivity index (χ0n) is 7.21. The molecular formula is C6H3ClF3NO4S. The molecule has 5 nitrogen and oxygen atoms in total. The van der Waals surface area contributed by atoms with Crippen LogP contribution in [0.1, 0.15) is 0 Å². The Hall–Kier alpha value is -1.22. The lowest BCUT2D eigenvalue weighted by molar-refractivity contribution is -0.275. The van der Waals surface area contributed by atoms with E-state index in [2.05, 4.69) is 4.74 Å². The van der Waals surface area contributed by atoms with Gasteiger partial charge in [-0.1, -0.05) is 0 Å². The van der Waals surface area contributed by atoms with Crippen molar-refractivity contribution in [3.8, 4) is 5.75 Å². The zero-order chi connectivity index (χ0) is 12.6. The molecule has 0 radical (unpaired) electrons. The lowest BCUT2D eigenvalue weighted by Crippen LogP contribution is -2.22. The monoisotopic (exact) mass is 277 g/mol. The molecule has 1 aromatic rings. The first-order chi connectivity index (χ1) is 7.09. The minimum absolute atomic E-state index is 0.392. The van der Waals surface area contributed by atoms with Gasteiger partial charge in [0.15, 0.2) is 10.8 Å². The van der Waals surface area contributed by atoms with E-state index in [1.54, 1.807) is 0 Å². The van der Waals surface area contributed by atoms with Crippen molar-refractivity contribution in [2.45, 2.75) is 11.4 Å². The van der Waals surface area contributed by atoms with Gasteiger partial charge >= 0.3 is 6.36 Å². The Morgan fingerprint density at radius 3 is 2.31 bits per heavy atom. The highest BCUT2D eigenvalue weighted by Crippen LogP contribution is 2.20. The number of aromatic nitrogens is 1. The van der Waals surface area contributed by atoms with Crippen molar-refractivity contribution >= 4 is 19.7 Å². The molecular weight excluding hydrogens is 275 g/mol. The molecule has 0 aliphatic carbocycles. The summed E-state index contributed by atoms with van der Waals surface area (Å²) in [7, 11) is 0.649. The number of nitrogens with one attached hydrogen (secondary N) is 1. The Morgan fingerprint density at radius 1 is 1.38 bits per heavy atom. The van der Waals surface area contributed by atoms with Crippen molar-refractivity contribution in [2.24, 2.45) is 0 Å². The van der Waals surface area contributed by atoms with Gasteiger partial charge in [0.05, 0.1) is 0 Å². The zero-order valence-corrected chi connectivity index (χ0v) is 8.78. The first-order valence-corrected chi connectivity index (χ1v) is 5.84. The van der Waals surface area contributed by atoms with Gasteiger partial charge in [-0.2, -0.15) is 0 Å². The molecule has 0 unspecified atom stereocenters. The summed E-state index contributed by atoms with van der Waals surface area (Å²) in [6.07, 6.45) is -4.57. The predicted octanol–water partition coefficient (Wildman–Crippen LogP) is 1.20. The maximum Gasteiger partial charge on any atom is 0.573 e. The van der Waals surface area contributed by atoms with E-state index in [0.717, 1.165) is 0 Å². The van der Waals surface area contributed by atoms with Crippen LogP contribution < -0.4 is 10.2 Å². The van der Waals surface area contributed by atoms with E-state index in [4.69, 9.17) is 10.7 Å². The van der Waals surface area contributed by atoms with Crippen molar-refractivity contribution < 1.29 is 26.3 Å². The molecule has 0 aliphatic rings. The molecule has 0 saturated heterocycles. The van der Waals surface area contributed by atoms with Crippen LogP contribution in [-0.2, 0) is 9.05 Å². The van der Waals surface area contributed by atoms with Gasteiger partial charge in [-0.25, -0.2) is 8.42 Å². The van der Waals surface area contributed by atoms with Crippen molar-refractivity contribution in [2.75, 3.05) is 0 Å². The van der Waals surface area contributed by atoms with Crippen LogP contribution in [-0.4, -0.2) is 19.8 Å². The summed E-state index contributed by atoms with van der Waals surface area (Å²) in [5, 5.41) is -0.714. The fourth-order valence-electron chi connectivity index (χ4n) is 0.785. The summed E-state index contributed by atoms with van der Waals surface area (Å²) >= 11 is 0. The van der Waals surface area contributed by atoms with Crippen LogP contribution in [0.25, 0.3) is 0 Å². The number of pyridine rings is 1. The van der Waals surface area contributed by atoms with E-state index in [1.807, 2.05) is 4.98 Å². The lowest BCUT2D eigenvalue weighted by Gasteiger charge is -2.07. The van der Waals surface area contributed by atoms with Crippen molar-refractivity contribution in [3.63, 3.8) is 0 Å². The number of halogens is 4. The third-order valence-corrected chi connectivity index (χ3v) is 2.60. The quantitative estimate of drug-likeness (QED) is 0.824. The summed E-state index contributed by atoms with van der Waals surface area (Å²) < 4.78 is 60.0. The standard InChI is InChI=1S/C6H3ClF3NO4S/c7-16(13,14)5-1-3(12)4(2-11-5)15-6(8,9)10/h1-2H,(H,11,12). The Labute approximate surface area is 91.2 Å². The van der Waals surface area contributed by atoms with Crippen LogP contribution >= 0.6 is 10.7 Å². The first kappa shape index (κ1) is 12.8. The predicted molar refractivity (Wildman–Crippen MR) is 46.8 cm³/mol. The molecule has 0 fully saturated rings. The first-order valence-electron chi connectivity index (χ1n) is 3.53. The number of hydrogen-bond donors (Lipinski definition) is 1. The van der Waals surface area contributed by atoms with Crippen molar-refractivity contribution in [3.05, 3.63) is 22.5 Å². The van der Waals surface area contributed by atoms with Gasteiger partial charge in [0.1, 0.15) is 0 Å². The Morgan fingerprint density at radius 2 is 1.94 bits per heavy atom. The molecule has 0 bridgehead atoms. The second kappa shape index (κ2) is 3.98. The third kappa shape index (κ3) is 3.42. The molecule has 0 atom stereocenters. The topological polar surface area (TPSA) is 76.2 Å². The second-order valence-electron chi connectivity index (χ2n) is 2.51. The molecule has 1 heterocycles. The van der Waals surface area contributed by atoms with Crippen LogP contribution in [0.4, 0.5) is 13.2 Å². The summed E-state index contributed by atoms with van der Waals surface area (Å²) in [5.41, 5.74) is -1.25. The lowest BCUT2D eigenvalue weighted by atomic mass is 10.4. The van der Waals surface area contributed by atoms with Gasteiger partial charge in [0.25, 0.3) is 9.05 Å². The van der Waals surface area contributed by atoms with Gasteiger partial charge in [-0.15, -0.1) is 13.2 Å². The fraction of sp³-hybridized carbons (Fsp3) is 0.167. The average Bonchev–Trinajstić information content (AvgIpc) is 2.04. The van der Waals surface area contributed by atoms with E-state index >= 15 is 0 Å².